The van der Waals surface area contributed by atoms with Gasteiger partial charge in [-0.2, -0.15) is 4.31 Å². The van der Waals surface area contributed by atoms with Crippen molar-refractivity contribution in [3.63, 3.8) is 0 Å². The van der Waals surface area contributed by atoms with Crippen molar-refractivity contribution in [1.29, 1.82) is 0 Å². The van der Waals surface area contributed by atoms with Crippen LogP contribution in [0.1, 0.15) is 62.7 Å². The summed E-state index contributed by atoms with van der Waals surface area (Å²) in [7, 11) is -2.03. The molecule has 10 heteroatoms. The summed E-state index contributed by atoms with van der Waals surface area (Å²) in [6.07, 6.45) is 5.24. The number of carbonyl (C=O) groups excluding carboxylic acids is 1. The van der Waals surface area contributed by atoms with E-state index >= 15 is 0 Å². The van der Waals surface area contributed by atoms with E-state index in [-0.39, 0.29) is 16.9 Å². The number of carbonyl (C=O) groups is 1. The number of aromatic nitrogens is 1. The molecule has 0 spiro atoms. The van der Waals surface area contributed by atoms with E-state index in [9.17, 15) is 13.2 Å². The van der Waals surface area contributed by atoms with Crippen LogP contribution in [0.2, 0.25) is 0 Å². The SMILES string of the molecule is CCCCN(CCCC)S(=O)(=O)c1ccc(C(=O)N(CC2CCCO2)c2nc3cc(OC)ccc3s2)cc1. The number of unbranched alkanes of at least 4 members (excludes halogenated alkanes) is 2. The molecule has 1 aliphatic heterocycles. The minimum atomic E-state index is -3.64. The molecule has 1 amide bonds. The number of nitrogens with zero attached hydrogens (tertiary/aromatic N) is 3. The Hall–Kier alpha value is -2.53. The minimum Gasteiger partial charge on any atom is -0.497 e. The molecule has 0 N–H and O–H groups in total. The molecule has 0 saturated carbocycles. The van der Waals surface area contributed by atoms with Gasteiger partial charge in [0.05, 0.1) is 34.9 Å². The summed E-state index contributed by atoms with van der Waals surface area (Å²) < 4.78 is 40.4. The first-order valence-corrected chi connectivity index (χ1v) is 15.6. The van der Waals surface area contributed by atoms with Crippen LogP contribution < -0.4 is 9.64 Å². The van der Waals surface area contributed by atoms with Gasteiger partial charge in [0, 0.05) is 31.3 Å². The molecule has 1 unspecified atom stereocenters. The normalized spacial score (nSPS) is 15.8. The smallest absolute Gasteiger partial charge is 0.260 e. The van der Waals surface area contributed by atoms with E-state index in [0.29, 0.717) is 42.7 Å². The molecule has 3 aromatic rings. The van der Waals surface area contributed by atoms with Crippen LogP contribution in [0, 0.1) is 0 Å². The number of methoxy groups -OCH3 is 1. The summed E-state index contributed by atoms with van der Waals surface area (Å²) in [5, 5.41) is 0.579. The van der Waals surface area contributed by atoms with Crippen LogP contribution in [0.3, 0.4) is 0 Å². The van der Waals surface area contributed by atoms with Crippen LogP contribution in [0.25, 0.3) is 10.2 Å². The highest BCUT2D eigenvalue weighted by Gasteiger charge is 2.28. The van der Waals surface area contributed by atoms with Crippen LogP contribution in [0.4, 0.5) is 5.13 Å². The topological polar surface area (TPSA) is 89.0 Å². The van der Waals surface area contributed by atoms with E-state index in [1.807, 2.05) is 18.2 Å². The van der Waals surface area contributed by atoms with Gasteiger partial charge in [-0.25, -0.2) is 13.4 Å². The highest BCUT2D eigenvalue weighted by Crippen LogP contribution is 2.33. The zero-order valence-corrected chi connectivity index (χ0v) is 24.0. The fourth-order valence-corrected chi connectivity index (χ4v) is 6.94. The number of amides is 1. The molecule has 1 saturated heterocycles. The lowest BCUT2D eigenvalue weighted by molar-refractivity contribution is 0.0917. The van der Waals surface area contributed by atoms with Crippen molar-refractivity contribution in [3.8, 4) is 5.75 Å². The molecule has 206 valence electrons. The zero-order valence-electron chi connectivity index (χ0n) is 22.4. The number of hydrogen-bond donors (Lipinski definition) is 0. The van der Waals surface area contributed by atoms with Crippen molar-refractivity contribution in [3.05, 3.63) is 48.0 Å². The molecule has 8 nitrogen and oxygen atoms in total. The Morgan fingerprint density at radius 3 is 2.42 bits per heavy atom. The Kier molecular flexibility index (Phi) is 9.75. The molecule has 0 bridgehead atoms. The average Bonchev–Trinajstić information content (AvgIpc) is 3.60. The highest BCUT2D eigenvalue weighted by atomic mass is 32.2. The van der Waals surface area contributed by atoms with Crippen LogP contribution in [-0.4, -0.2) is 63.1 Å². The number of sulfonamides is 1. The van der Waals surface area contributed by atoms with Crippen molar-refractivity contribution in [2.45, 2.75) is 63.4 Å². The second-order valence-corrected chi connectivity index (χ2v) is 12.5. The van der Waals surface area contributed by atoms with E-state index in [1.165, 1.54) is 11.3 Å². The maximum Gasteiger partial charge on any atom is 0.260 e. The van der Waals surface area contributed by atoms with E-state index in [4.69, 9.17) is 14.5 Å². The third-order valence-corrected chi connectivity index (χ3v) is 9.70. The van der Waals surface area contributed by atoms with Gasteiger partial charge in [-0.15, -0.1) is 0 Å². The van der Waals surface area contributed by atoms with Gasteiger partial charge in [0.1, 0.15) is 5.75 Å². The number of ether oxygens (including phenoxy) is 2. The minimum absolute atomic E-state index is 0.0640. The molecule has 1 atom stereocenters. The molecular weight excluding hydrogens is 522 g/mol. The fraction of sp³-hybridized carbons (Fsp3) is 0.500. The summed E-state index contributed by atoms with van der Waals surface area (Å²) in [5.41, 5.74) is 1.17. The van der Waals surface area contributed by atoms with E-state index < -0.39 is 10.0 Å². The van der Waals surface area contributed by atoms with Crippen LogP contribution in [0.5, 0.6) is 5.75 Å². The lowest BCUT2D eigenvalue weighted by atomic mass is 10.2. The Bertz CT molecular complexity index is 1310. The lowest BCUT2D eigenvalue weighted by Crippen LogP contribution is -2.37. The monoisotopic (exact) mass is 559 g/mol. The van der Waals surface area contributed by atoms with Gasteiger partial charge < -0.3 is 9.47 Å². The largest absolute Gasteiger partial charge is 0.497 e. The van der Waals surface area contributed by atoms with Gasteiger partial charge in [-0.05, 0) is 62.1 Å². The van der Waals surface area contributed by atoms with Crippen LogP contribution >= 0.6 is 11.3 Å². The van der Waals surface area contributed by atoms with E-state index in [1.54, 1.807) is 40.6 Å². The molecule has 2 heterocycles. The van der Waals surface area contributed by atoms with Crippen molar-refractivity contribution in [1.82, 2.24) is 9.29 Å². The summed E-state index contributed by atoms with van der Waals surface area (Å²) in [6, 6.07) is 12.0. The quantitative estimate of drug-likeness (QED) is 0.266. The number of anilines is 1. The second kappa shape index (κ2) is 13.0. The Morgan fingerprint density at radius 1 is 1.11 bits per heavy atom. The maximum absolute atomic E-state index is 13.8. The number of thiazole rings is 1. The number of hydrogen-bond acceptors (Lipinski definition) is 7. The lowest BCUT2D eigenvalue weighted by Gasteiger charge is -2.24. The second-order valence-electron chi connectivity index (χ2n) is 9.52. The molecule has 4 rings (SSSR count). The molecule has 38 heavy (non-hydrogen) atoms. The summed E-state index contributed by atoms with van der Waals surface area (Å²) in [6.45, 7) is 6.17. The van der Waals surface area contributed by atoms with Crippen molar-refractivity contribution in [2.24, 2.45) is 0 Å². The Labute approximate surface area is 229 Å². The number of fused-ring (bicyclic) bond motifs is 1. The fourth-order valence-electron chi connectivity index (χ4n) is 4.47. The Morgan fingerprint density at radius 2 is 1.82 bits per heavy atom. The third-order valence-electron chi connectivity index (χ3n) is 6.73. The number of benzene rings is 2. The van der Waals surface area contributed by atoms with Crippen molar-refractivity contribution in [2.75, 3.05) is 38.3 Å². The van der Waals surface area contributed by atoms with E-state index in [2.05, 4.69) is 13.8 Å². The molecule has 0 aliphatic carbocycles. The molecule has 2 aromatic carbocycles. The van der Waals surface area contributed by atoms with Crippen molar-refractivity contribution >= 4 is 42.6 Å². The first kappa shape index (κ1) is 28.5. The third kappa shape index (κ3) is 6.54. The summed E-state index contributed by atoms with van der Waals surface area (Å²) in [5.74, 6) is 0.472. The predicted octanol–water partition coefficient (Wildman–Crippen LogP) is 5.72. The standard InChI is InChI=1S/C28H37N3O5S2/c1-4-6-16-30(17-7-5-2)38(33,34)24-13-10-21(11-14-24)27(32)31(20-23-9-8-18-36-23)28-29-25-19-22(35-3)12-15-26(25)37-28/h10-15,19,23H,4-9,16-18,20H2,1-3H3. The van der Waals surface area contributed by atoms with Crippen LogP contribution in [-0.2, 0) is 14.8 Å². The van der Waals surface area contributed by atoms with Gasteiger partial charge >= 0.3 is 0 Å². The van der Waals surface area contributed by atoms with Gasteiger partial charge in [0.25, 0.3) is 5.91 Å². The van der Waals surface area contributed by atoms with Gasteiger partial charge in [-0.3, -0.25) is 9.69 Å². The van der Waals surface area contributed by atoms with Gasteiger partial charge in [0.2, 0.25) is 10.0 Å². The molecule has 1 aromatic heterocycles. The Balaban J connectivity index is 1.61. The first-order valence-electron chi connectivity index (χ1n) is 13.4. The zero-order chi connectivity index (χ0) is 27.1. The maximum atomic E-state index is 13.8. The summed E-state index contributed by atoms with van der Waals surface area (Å²) in [4.78, 5) is 20.4. The van der Waals surface area contributed by atoms with Gasteiger partial charge in [-0.1, -0.05) is 38.0 Å². The van der Waals surface area contributed by atoms with E-state index in [0.717, 1.165) is 48.7 Å². The molecular formula is C28H37N3O5S2. The predicted molar refractivity (Wildman–Crippen MR) is 152 cm³/mol. The highest BCUT2D eigenvalue weighted by molar-refractivity contribution is 7.89. The average molecular weight is 560 g/mol. The number of rotatable bonds is 13. The summed E-state index contributed by atoms with van der Waals surface area (Å²) >= 11 is 1.44. The molecule has 1 aliphatic rings. The molecule has 1 fully saturated rings. The van der Waals surface area contributed by atoms with Crippen molar-refractivity contribution < 1.29 is 22.7 Å². The van der Waals surface area contributed by atoms with Gasteiger partial charge in [0.15, 0.2) is 5.13 Å². The molecule has 0 radical (unpaired) electrons. The van der Waals surface area contributed by atoms with Crippen LogP contribution in [0.15, 0.2) is 47.4 Å². The first-order chi connectivity index (χ1) is 18.4.